The molecule has 0 fully saturated rings. The van der Waals surface area contributed by atoms with Crippen LogP contribution in [-0.2, 0) is 20.9 Å². The van der Waals surface area contributed by atoms with Gasteiger partial charge in [0, 0.05) is 5.69 Å². The lowest BCUT2D eigenvalue weighted by Crippen LogP contribution is -2.03. The molecule has 0 bridgehead atoms. The van der Waals surface area contributed by atoms with Crippen LogP contribution in [0.3, 0.4) is 0 Å². The van der Waals surface area contributed by atoms with E-state index in [0.29, 0.717) is 4.60 Å². The molecule has 0 unspecified atom stereocenters. The Morgan fingerprint density at radius 3 is 2.64 bits per heavy atom. The van der Waals surface area contributed by atoms with Crippen LogP contribution in [0, 0.1) is 6.92 Å². The maximum atomic E-state index is 10.7. The van der Waals surface area contributed by atoms with Crippen LogP contribution in [0.25, 0.3) is 0 Å². The molecule has 0 N–H and O–H groups in total. The summed E-state index contributed by atoms with van der Waals surface area (Å²) in [4.78, 5) is 4.09. The number of pyridine rings is 1. The molecule has 4 nitrogen and oxygen atoms in total. The first kappa shape index (κ1) is 11.6. The minimum Gasteiger partial charge on any atom is -0.265 e. The van der Waals surface area contributed by atoms with Crippen molar-refractivity contribution in [2.45, 2.75) is 13.5 Å². The van der Waals surface area contributed by atoms with E-state index in [4.69, 9.17) is 0 Å². The van der Waals surface area contributed by atoms with Crippen molar-refractivity contribution >= 4 is 26.0 Å². The number of rotatable bonds is 3. The van der Waals surface area contributed by atoms with Gasteiger partial charge in [-0.3, -0.25) is 4.18 Å². The van der Waals surface area contributed by atoms with Gasteiger partial charge < -0.3 is 0 Å². The lowest BCUT2D eigenvalue weighted by molar-refractivity contribution is 0.311. The SMILES string of the molecule is Cc1cc(COS(C)(=O)=O)cc(Br)n1. The number of halogens is 1. The zero-order valence-corrected chi connectivity index (χ0v) is 10.2. The number of nitrogens with zero attached hydrogens (tertiary/aromatic N) is 1. The molecule has 0 saturated heterocycles. The van der Waals surface area contributed by atoms with Crippen molar-refractivity contribution in [1.29, 1.82) is 0 Å². The molecule has 1 heterocycles. The topological polar surface area (TPSA) is 56.3 Å². The maximum absolute atomic E-state index is 10.7. The summed E-state index contributed by atoms with van der Waals surface area (Å²) in [5.74, 6) is 0. The summed E-state index contributed by atoms with van der Waals surface area (Å²) >= 11 is 3.22. The van der Waals surface area contributed by atoms with Crippen LogP contribution in [0.2, 0.25) is 0 Å². The Bertz CT molecular complexity index is 410. The fourth-order valence-corrected chi connectivity index (χ4v) is 1.88. The molecular weight excluding hydrogens is 270 g/mol. The lowest BCUT2D eigenvalue weighted by atomic mass is 10.2. The van der Waals surface area contributed by atoms with E-state index >= 15 is 0 Å². The van der Waals surface area contributed by atoms with Crippen LogP contribution in [-0.4, -0.2) is 19.7 Å². The molecule has 0 amide bonds. The van der Waals surface area contributed by atoms with Crippen LogP contribution < -0.4 is 0 Å². The zero-order chi connectivity index (χ0) is 10.8. The predicted octanol–water partition coefficient (Wildman–Crippen LogP) is 1.63. The number of hydrogen-bond acceptors (Lipinski definition) is 4. The molecule has 1 rings (SSSR count). The first-order chi connectivity index (χ1) is 6.37. The zero-order valence-electron chi connectivity index (χ0n) is 7.82. The fourth-order valence-electron chi connectivity index (χ4n) is 0.954. The van der Waals surface area contributed by atoms with E-state index < -0.39 is 10.1 Å². The fraction of sp³-hybridized carbons (Fsp3) is 0.375. The standard InChI is InChI=1S/C8H10BrNO3S/c1-6-3-7(4-8(9)10-6)5-13-14(2,11)12/h3-4H,5H2,1-2H3. The highest BCUT2D eigenvalue weighted by Crippen LogP contribution is 2.12. The Balaban J connectivity index is 2.78. The predicted molar refractivity (Wildman–Crippen MR) is 56.3 cm³/mol. The molecular formula is C8H10BrNO3S. The smallest absolute Gasteiger partial charge is 0.264 e. The summed E-state index contributed by atoms with van der Waals surface area (Å²) in [6.45, 7) is 1.87. The molecule has 0 aliphatic heterocycles. The van der Waals surface area contributed by atoms with Crippen molar-refractivity contribution in [3.05, 3.63) is 28.0 Å². The monoisotopic (exact) mass is 279 g/mol. The van der Waals surface area contributed by atoms with Crippen molar-refractivity contribution in [3.63, 3.8) is 0 Å². The highest BCUT2D eigenvalue weighted by Gasteiger charge is 2.04. The van der Waals surface area contributed by atoms with Crippen LogP contribution in [0.4, 0.5) is 0 Å². The van der Waals surface area contributed by atoms with Crippen molar-refractivity contribution in [2.75, 3.05) is 6.26 Å². The Labute approximate surface area is 91.6 Å². The van der Waals surface area contributed by atoms with E-state index in [1.807, 2.05) is 6.92 Å². The lowest BCUT2D eigenvalue weighted by Gasteiger charge is -2.03. The van der Waals surface area contributed by atoms with Crippen molar-refractivity contribution in [3.8, 4) is 0 Å². The van der Waals surface area contributed by atoms with Crippen molar-refractivity contribution in [1.82, 2.24) is 4.98 Å². The third-order valence-electron chi connectivity index (χ3n) is 1.42. The normalized spacial score (nSPS) is 11.6. The molecule has 14 heavy (non-hydrogen) atoms. The van der Waals surface area contributed by atoms with Gasteiger partial charge in [-0.2, -0.15) is 8.42 Å². The quantitative estimate of drug-likeness (QED) is 0.623. The summed E-state index contributed by atoms with van der Waals surface area (Å²) < 4.78 is 26.8. The highest BCUT2D eigenvalue weighted by atomic mass is 79.9. The van der Waals surface area contributed by atoms with Gasteiger partial charge in [0.15, 0.2) is 0 Å². The molecule has 1 aromatic heterocycles. The van der Waals surface area contributed by atoms with E-state index in [1.165, 1.54) is 0 Å². The average Bonchev–Trinajstić information content (AvgIpc) is 1.97. The van der Waals surface area contributed by atoms with Crippen LogP contribution >= 0.6 is 15.9 Å². The van der Waals surface area contributed by atoms with Gasteiger partial charge in [-0.1, -0.05) is 0 Å². The second-order valence-corrected chi connectivity index (χ2v) is 5.36. The molecule has 0 atom stereocenters. The van der Waals surface area contributed by atoms with Gasteiger partial charge in [0.2, 0.25) is 0 Å². The average molecular weight is 280 g/mol. The van der Waals surface area contributed by atoms with Gasteiger partial charge in [0.1, 0.15) is 4.60 Å². The van der Waals surface area contributed by atoms with Gasteiger partial charge in [0.05, 0.1) is 12.9 Å². The second kappa shape index (κ2) is 4.37. The molecule has 6 heteroatoms. The van der Waals surface area contributed by atoms with E-state index in [2.05, 4.69) is 25.1 Å². The van der Waals surface area contributed by atoms with E-state index in [0.717, 1.165) is 17.5 Å². The third kappa shape index (κ3) is 4.17. The summed E-state index contributed by atoms with van der Waals surface area (Å²) in [6, 6.07) is 3.49. The van der Waals surface area contributed by atoms with Gasteiger partial charge >= 0.3 is 0 Å². The Hall–Kier alpha value is -0.460. The molecule has 0 radical (unpaired) electrons. The first-order valence-electron chi connectivity index (χ1n) is 3.84. The molecule has 0 aromatic carbocycles. The summed E-state index contributed by atoms with van der Waals surface area (Å²) in [5.41, 5.74) is 1.58. The number of hydrogen-bond donors (Lipinski definition) is 0. The van der Waals surface area contributed by atoms with Crippen LogP contribution in [0.1, 0.15) is 11.3 Å². The minimum atomic E-state index is -3.38. The largest absolute Gasteiger partial charge is 0.265 e. The first-order valence-corrected chi connectivity index (χ1v) is 6.45. The van der Waals surface area contributed by atoms with Gasteiger partial charge in [-0.05, 0) is 40.5 Å². The Morgan fingerprint density at radius 2 is 2.14 bits per heavy atom. The molecule has 1 aromatic rings. The van der Waals surface area contributed by atoms with Gasteiger partial charge in [-0.15, -0.1) is 0 Å². The highest BCUT2D eigenvalue weighted by molar-refractivity contribution is 9.10. The van der Waals surface area contributed by atoms with E-state index in [1.54, 1.807) is 12.1 Å². The molecule has 0 aliphatic carbocycles. The van der Waals surface area contributed by atoms with Gasteiger partial charge in [0.25, 0.3) is 10.1 Å². The maximum Gasteiger partial charge on any atom is 0.264 e. The summed E-state index contributed by atoms with van der Waals surface area (Å²) in [6.07, 6.45) is 1.02. The van der Waals surface area contributed by atoms with Crippen molar-refractivity contribution in [2.24, 2.45) is 0 Å². The molecule has 78 valence electrons. The Morgan fingerprint density at radius 1 is 1.50 bits per heavy atom. The summed E-state index contributed by atoms with van der Waals surface area (Å²) in [7, 11) is -3.38. The summed E-state index contributed by atoms with van der Waals surface area (Å²) in [5, 5.41) is 0. The molecule has 0 spiro atoms. The minimum absolute atomic E-state index is 0.0425. The number of aryl methyl sites for hydroxylation is 1. The molecule has 0 saturated carbocycles. The molecule has 0 aliphatic rings. The van der Waals surface area contributed by atoms with Crippen LogP contribution in [0.5, 0.6) is 0 Å². The van der Waals surface area contributed by atoms with Crippen LogP contribution in [0.15, 0.2) is 16.7 Å². The second-order valence-electron chi connectivity index (χ2n) is 2.91. The van der Waals surface area contributed by atoms with Gasteiger partial charge in [-0.25, -0.2) is 4.98 Å². The van der Waals surface area contributed by atoms with Crippen molar-refractivity contribution < 1.29 is 12.6 Å². The van der Waals surface area contributed by atoms with E-state index in [9.17, 15) is 8.42 Å². The number of aromatic nitrogens is 1. The Kier molecular flexibility index (Phi) is 3.63. The third-order valence-corrected chi connectivity index (χ3v) is 2.37. The van der Waals surface area contributed by atoms with E-state index in [-0.39, 0.29) is 6.61 Å².